The minimum atomic E-state index is -0.848. The number of nitrogens with zero attached hydrogens (tertiary/aromatic N) is 2. The number of hydrogen-bond donors (Lipinski definition) is 1. The normalized spacial score (nSPS) is 16.9. The third kappa shape index (κ3) is 4.70. The molecular formula is C21H25F2N3O. The van der Waals surface area contributed by atoms with E-state index < -0.39 is 23.1 Å². The molecule has 0 aromatic heterocycles. The van der Waals surface area contributed by atoms with E-state index in [4.69, 9.17) is 0 Å². The Morgan fingerprint density at radius 2 is 1.63 bits per heavy atom. The van der Waals surface area contributed by atoms with E-state index in [1.165, 1.54) is 6.07 Å². The van der Waals surface area contributed by atoms with Crippen LogP contribution in [0.5, 0.6) is 0 Å². The number of hydrogen-bond acceptors (Lipinski definition) is 3. The summed E-state index contributed by atoms with van der Waals surface area (Å²) in [5.74, 6) is -2.42. The van der Waals surface area contributed by atoms with Gasteiger partial charge in [-0.1, -0.05) is 35.9 Å². The summed E-state index contributed by atoms with van der Waals surface area (Å²) >= 11 is 0. The van der Waals surface area contributed by atoms with Crippen molar-refractivity contribution in [3.05, 3.63) is 70.8 Å². The standard InChI is InChI=1S/C21H25F2N3O/c1-15-6-8-16(9-7-15)19(26-12-10-25(2)11-13-26)14-24-21(27)20-17(22)4-3-5-18(20)23/h3-9,19H,10-14H2,1-2H3,(H,24,27). The van der Waals surface area contributed by atoms with Gasteiger partial charge in [-0.2, -0.15) is 0 Å². The minimum absolute atomic E-state index is 0.0434. The van der Waals surface area contributed by atoms with E-state index >= 15 is 0 Å². The Kier molecular flexibility index (Phi) is 6.19. The van der Waals surface area contributed by atoms with Crippen LogP contribution in [0, 0.1) is 18.6 Å². The molecule has 1 aliphatic rings. The van der Waals surface area contributed by atoms with Crippen LogP contribution in [0.4, 0.5) is 8.78 Å². The fourth-order valence-electron chi connectivity index (χ4n) is 3.37. The lowest BCUT2D eigenvalue weighted by Crippen LogP contribution is -2.48. The Bertz CT molecular complexity index is 766. The molecule has 1 amide bonds. The van der Waals surface area contributed by atoms with Crippen LogP contribution >= 0.6 is 0 Å². The van der Waals surface area contributed by atoms with Gasteiger partial charge in [0.05, 0.1) is 6.04 Å². The van der Waals surface area contributed by atoms with Gasteiger partial charge in [0.15, 0.2) is 0 Å². The van der Waals surface area contributed by atoms with Gasteiger partial charge in [0.2, 0.25) is 0 Å². The maximum absolute atomic E-state index is 13.9. The van der Waals surface area contributed by atoms with Gasteiger partial charge in [0.25, 0.3) is 5.91 Å². The monoisotopic (exact) mass is 373 g/mol. The molecule has 6 heteroatoms. The Morgan fingerprint density at radius 3 is 2.22 bits per heavy atom. The van der Waals surface area contributed by atoms with Crippen LogP contribution < -0.4 is 5.32 Å². The molecule has 3 rings (SSSR count). The Labute approximate surface area is 158 Å². The molecular weight excluding hydrogens is 348 g/mol. The van der Waals surface area contributed by atoms with Crippen molar-refractivity contribution in [2.24, 2.45) is 0 Å². The van der Waals surface area contributed by atoms with Crippen LogP contribution in [-0.4, -0.2) is 55.5 Å². The number of halogens is 2. The number of amides is 1. The van der Waals surface area contributed by atoms with Gasteiger partial charge in [-0.05, 0) is 31.7 Å². The second-order valence-electron chi connectivity index (χ2n) is 7.07. The molecule has 2 aromatic carbocycles. The molecule has 0 spiro atoms. The summed E-state index contributed by atoms with van der Waals surface area (Å²) in [6.07, 6.45) is 0. The van der Waals surface area contributed by atoms with E-state index in [9.17, 15) is 13.6 Å². The molecule has 4 nitrogen and oxygen atoms in total. The Hall–Kier alpha value is -2.31. The van der Waals surface area contributed by atoms with Gasteiger partial charge in [0.1, 0.15) is 17.2 Å². The van der Waals surface area contributed by atoms with E-state index in [-0.39, 0.29) is 6.04 Å². The van der Waals surface area contributed by atoms with Gasteiger partial charge in [-0.3, -0.25) is 9.69 Å². The van der Waals surface area contributed by atoms with Crippen LogP contribution in [0.15, 0.2) is 42.5 Å². The van der Waals surface area contributed by atoms with Crippen molar-refractivity contribution < 1.29 is 13.6 Å². The maximum Gasteiger partial charge on any atom is 0.257 e. The first-order chi connectivity index (χ1) is 13.0. The van der Waals surface area contributed by atoms with E-state index in [1.807, 2.05) is 31.2 Å². The van der Waals surface area contributed by atoms with E-state index in [2.05, 4.69) is 22.2 Å². The molecule has 0 radical (unpaired) electrons. The van der Waals surface area contributed by atoms with Crippen molar-refractivity contribution in [1.82, 2.24) is 15.1 Å². The van der Waals surface area contributed by atoms with Gasteiger partial charge in [-0.15, -0.1) is 0 Å². The fourth-order valence-corrected chi connectivity index (χ4v) is 3.37. The van der Waals surface area contributed by atoms with Crippen molar-refractivity contribution >= 4 is 5.91 Å². The Balaban J connectivity index is 1.77. The number of carbonyl (C=O) groups is 1. The maximum atomic E-state index is 13.9. The average Bonchev–Trinajstić information content (AvgIpc) is 2.64. The third-order valence-electron chi connectivity index (χ3n) is 5.09. The summed E-state index contributed by atoms with van der Waals surface area (Å²) in [6, 6.07) is 11.6. The zero-order chi connectivity index (χ0) is 19.4. The first-order valence-electron chi connectivity index (χ1n) is 9.17. The largest absolute Gasteiger partial charge is 0.350 e. The lowest BCUT2D eigenvalue weighted by molar-refractivity contribution is 0.0879. The summed E-state index contributed by atoms with van der Waals surface area (Å²) < 4.78 is 27.7. The molecule has 1 fully saturated rings. The lowest BCUT2D eigenvalue weighted by Gasteiger charge is -2.38. The quantitative estimate of drug-likeness (QED) is 0.875. The summed E-state index contributed by atoms with van der Waals surface area (Å²) in [7, 11) is 2.08. The highest BCUT2D eigenvalue weighted by atomic mass is 19.1. The molecule has 0 aliphatic carbocycles. The van der Waals surface area contributed by atoms with Crippen molar-refractivity contribution in [3.8, 4) is 0 Å². The van der Waals surface area contributed by atoms with Crippen molar-refractivity contribution in [3.63, 3.8) is 0 Å². The van der Waals surface area contributed by atoms with Crippen LogP contribution in [0.3, 0.4) is 0 Å². The molecule has 1 aliphatic heterocycles. The zero-order valence-corrected chi connectivity index (χ0v) is 15.7. The predicted molar refractivity (Wildman–Crippen MR) is 102 cm³/mol. The highest BCUT2D eigenvalue weighted by Gasteiger charge is 2.25. The Morgan fingerprint density at radius 1 is 1.04 bits per heavy atom. The number of aryl methyl sites for hydroxylation is 1. The molecule has 1 saturated heterocycles. The molecule has 1 atom stereocenters. The molecule has 2 aromatic rings. The fraction of sp³-hybridized carbons (Fsp3) is 0.381. The number of likely N-dealkylation sites (N-methyl/N-ethyl adjacent to an activating group) is 1. The van der Waals surface area contributed by atoms with Crippen LogP contribution in [0.1, 0.15) is 27.5 Å². The van der Waals surface area contributed by atoms with Crippen molar-refractivity contribution in [2.45, 2.75) is 13.0 Å². The number of carbonyl (C=O) groups excluding carboxylic acids is 1. The lowest BCUT2D eigenvalue weighted by atomic mass is 10.0. The molecule has 1 heterocycles. The van der Waals surface area contributed by atoms with E-state index in [1.54, 1.807) is 0 Å². The molecule has 1 N–H and O–H groups in total. The number of nitrogens with one attached hydrogen (secondary N) is 1. The van der Waals surface area contributed by atoms with E-state index in [0.717, 1.165) is 49.4 Å². The SMILES string of the molecule is Cc1ccc(C(CNC(=O)c2c(F)cccc2F)N2CCN(C)CC2)cc1. The second-order valence-corrected chi connectivity index (χ2v) is 7.07. The highest BCUT2D eigenvalue weighted by Crippen LogP contribution is 2.22. The molecule has 0 saturated carbocycles. The summed E-state index contributed by atoms with van der Waals surface area (Å²) in [5.41, 5.74) is 1.71. The molecule has 0 bridgehead atoms. The second kappa shape index (κ2) is 8.59. The molecule has 27 heavy (non-hydrogen) atoms. The molecule has 1 unspecified atom stereocenters. The summed E-state index contributed by atoms with van der Waals surface area (Å²) in [5, 5.41) is 2.73. The zero-order valence-electron chi connectivity index (χ0n) is 15.7. The van der Waals surface area contributed by atoms with E-state index in [0.29, 0.717) is 6.54 Å². The number of benzene rings is 2. The predicted octanol–water partition coefficient (Wildman–Crippen LogP) is 2.99. The summed E-state index contributed by atoms with van der Waals surface area (Å²) in [4.78, 5) is 17.0. The molecule has 144 valence electrons. The van der Waals surface area contributed by atoms with Crippen LogP contribution in [0.2, 0.25) is 0 Å². The van der Waals surface area contributed by atoms with Crippen LogP contribution in [-0.2, 0) is 0 Å². The first kappa shape index (κ1) is 19.5. The van der Waals surface area contributed by atoms with Gasteiger partial charge < -0.3 is 10.2 Å². The third-order valence-corrected chi connectivity index (χ3v) is 5.09. The van der Waals surface area contributed by atoms with Gasteiger partial charge in [-0.25, -0.2) is 8.78 Å². The van der Waals surface area contributed by atoms with Crippen LogP contribution in [0.25, 0.3) is 0 Å². The van der Waals surface area contributed by atoms with Gasteiger partial charge in [0, 0.05) is 32.7 Å². The number of piperazine rings is 1. The van der Waals surface area contributed by atoms with Crippen molar-refractivity contribution in [2.75, 3.05) is 39.8 Å². The smallest absolute Gasteiger partial charge is 0.257 e. The minimum Gasteiger partial charge on any atom is -0.350 e. The first-order valence-corrected chi connectivity index (χ1v) is 9.17. The summed E-state index contributed by atoms with van der Waals surface area (Å²) in [6.45, 7) is 5.95. The number of rotatable bonds is 5. The highest BCUT2D eigenvalue weighted by molar-refractivity contribution is 5.94. The average molecular weight is 373 g/mol. The topological polar surface area (TPSA) is 35.6 Å². The van der Waals surface area contributed by atoms with Crippen molar-refractivity contribution in [1.29, 1.82) is 0 Å². The van der Waals surface area contributed by atoms with Gasteiger partial charge >= 0.3 is 0 Å².